The van der Waals surface area contributed by atoms with Gasteiger partial charge in [-0.3, -0.25) is 4.79 Å². The maximum absolute atomic E-state index is 12.6. The Morgan fingerprint density at radius 2 is 2.05 bits per heavy atom. The largest absolute Gasteiger partial charge is 0.309 e. The quantitative estimate of drug-likeness (QED) is 0.820. The van der Waals surface area contributed by atoms with E-state index in [4.69, 9.17) is 11.6 Å². The fourth-order valence-corrected chi connectivity index (χ4v) is 3.07. The molecule has 1 aliphatic rings. The third-order valence-electron chi connectivity index (χ3n) is 3.72. The third-order valence-corrected chi connectivity index (χ3v) is 3.96. The SMILES string of the molecule is C[C@H]1Cc2ccccc2N1C(=O)Cc1cccc(Cl)c1. The Morgan fingerprint density at radius 3 is 2.85 bits per heavy atom. The smallest absolute Gasteiger partial charge is 0.231 e. The fraction of sp³-hybridized carbons (Fsp3) is 0.235. The zero-order chi connectivity index (χ0) is 14.1. The first-order chi connectivity index (χ1) is 9.65. The van der Waals surface area contributed by atoms with Gasteiger partial charge in [-0.05, 0) is 42.7 Å². The molecule has 0 aromatic heterocycles. The second kappa shape index (κ2) is 5.29. The van der Waals surface area contributed by atoms with Crippen molar-refractivity contribution in [3.8, 4) is 0 Å². The molecule has 0 unspecified atom stereocenters. The Balaban J connectivity index is 1.84. The molecule has 0 bridgehead atoms. The van der Waals surface area contributed by atoms with Crippen LogP contribution in [0, 0.1) is 0 Å². The minimum atomic E-state index is 0.129. The summed E-state index contributed by atoms with van der Waals surface area (Å²) in [4.78, 5) is 14.5. The second-order valence-electron chi connectivity index (χ2n) is 5.25. The van der Waals surface area contributed by atoms with E-state index in [-0.39, 0.29) is 11.9 Å². The van der Waals surface area contributed by atoms with Gasteiger partial charge in [0.05, 0.1) is 6.42 Å². The lowest BCUT2D eigenvalue weighted by Crippen LogP contribution is -2.36. The molecule has 0 saturated heterocycles. The van der Waals surface area contributed by atoms with Crippen LogP contribution in [0.15, 0.2) is 48.5 Å². The highest BCUT2D eigenvalue weighted by atomic mass is 35.5. The van der Waals surface area contributed by atoms with Gasteiger partial charge in [0.2, 0.25) is 5.91 Å². The van der Waals surface area contributed by atoms with Gasteiger partial charge in [0.15, 0.2) is 0 Å². The molecule has 0 N–H and O–H groups in total. The monoisotopic (exact) mass is 285 g/mol. The Kier molecular flexibility index (Phi) is 3.49. The first-order valence-corrected chi connectivity index (χ1v) is 7.17. The van der Waals surface area contributed by atoms with Crippen LogP contribution in [0.3, 0.4) is 0 Å². The lowest BCUT2D eigenvalue weighted by molar-refractivity contribution is -0.118. The van der Waals surface area contributed by atoms with Gasteiger partial charge in [-0.1, -0.05) is 41.9 Å². The molecule has 1 amide bonds. The minimum Gasteiger partial charge on any atom is -0.309 e. The summed E-state index contributed by atoms with van der Waals surface area (Å²) in [5.41, 5.74) is 3.26. The van der Waals surface area contributed by atoms with E-state index < -0.39 is 0 Å². The van der Waals surface area contributed by atoms with Crippen molar-refractivity contribution < 1.29 is 4.79 Å². The van der Waals surface area contributed by atoms with Gasteiger partial charge in [-0.15, -0.1) is 0 Å². The van der Waals surface area contributed by atoms with Crippen LogP contribution in [0.5, 0.6) is 0 Å². The van der Waals surface area contributed by atoms with E-state index in [0.29, 0.717) is 11.4 Å². The molecule has 3 rings (SSSR count). The zero-order valence-electron chi connectivity index (χ0n) is 11.3. The number of amides is 1. The van der Waals surface area contributed by atoms with E-state index in [2.05, 4.69) is 13.0 Å². The lowest BCUT2D eigenvalue weighted by atomic mass is 10.1. The van der Waals surface area contributed by atoms with E-state index in [9.17, 15) is 4.79 Å². The summed E-state index contributed by atoms with van der Waals surface area (Å²) in [5, 5.41) is 0.671. The van der Waals surface area contributed by atoms with Crippen LogP contribution in [0.2, 0.25) is 5.02 Å². The number of fused-ring (bicyclic) bond motifs is 1. The molecule has 0 fully saturated rings. The first kappa shape index (κ1) is 13.2. The van der Waals surface area contributed by atoms with Gasteiger partial charge >= 0.3 is 0 Å². The molecular weight excluding hydrogens is 270 g/mol. The molecule has 0 aliphatic carbocycles. The van der Waals surface area contributed by atoms with Crippen molar-refractivity contribution in [3.05, 3.63) is 64.7 Å². The van der Waals surface area contributed by atoms with Gasteiger partial charge < -0.3 is 4.90 Å². The number of anilines is 1. The number of rotatable bonds is 2. The second-order valence-corrected chi connectivity index (χ2v) is 5.69. The normalized spacial score (nSPS) is 17.1. The zero-order valence-corrected chi connectivity index (χ0v) is 12.1. The lowest BCUT2D eigenvalue weighted by Gasteiger charge is -2.22. The molecule has 2 aromatic rings. The van der Waals surface area contributed by atoms with E-state index in [1.807, 2.05) is 47.4 Å². The predicted molar refractivity (Wildman–Crippen MR) is 82.3 cm³/mol. The summed E-state index contributed by atoms with van der Waals surface area (Å²) in [7, 11) is 0. The molecule has 0 saturated carbocycles. The number of para-hydroxylation sites is 1. The Morgan fingerprint density at radius 1 is 1.25 bits per heavy atom. The van der Waals surface area contributed by atoms with Crippen molar-refractivity contribution in [3.63, 3.8) is 0 Å². The van der Waals surface area contributed by atoms with Crippen LogP contribution < -0.4 is 4.90 Å². The van der Waals surface area contributed by atoms with Gasteiger partial charge in [0, 0.05) is 16.8 Å². The summed E-state index contributed by atoms with van der Waals surface area (Å²) in [6.45, 7) is 2.09. The average molecular weight is 286 g/mol. The summed E-state index contributed by atoms with van der Waals surface area (Å²) < 4.78 is 0. The summed E-state index contributed by atoms with van der Waals surface area (Å²) >= 11 is 5.97. The maximum atomic E-state index is 12.6. The molecule has 1 atom stereocenters. The summed E-state index contributed by atoms with van der Waals surface area (Å²) in [6, 6.07) is 15.8. The number of halogens is 1. The topological polar surface area (TPSA) is 20.3 Å². The minimum absolute atomic E-state index is 0.129. The Bertz CT molecular complexity index is 653. The predicted octanol–water partition coefficient (Wildman–Crippen LogP) is 3.86. The molecular formula is C17H16ClNO. The van der Waals surface area contributed by atoms with Gasteiger partial charge in [-0.25, -0.2) is 0 Å². The van der Waals surface area contributed by atoms with Crippen LogP contribution >= 0.6 is 11.6 Å². The summed E-state index contributed by atoms with van der Waals surface area (Å²) in [5.74, 6) is 0.129. The van der Waals surface area contributed by atoms with Crippen LogP contribution in [0.25, 0.3) is 0 Å². The van der Waals surface area contributed by atoms with Crippen molar-refractivity contribution in [1.82, 2.24) is 0 Å². The van der Waals surface area contributed by atoms with Crippen LogP contribution in [0.4, 0.5) is 5.69 Å². The van der Waals surface area contributed by atoms with Gasteiger partial charge in [-0.2, -0.15) is 0 Å². The Hall–Kier alpha value is -1.80. The van der Waals surface area contributed by atoms with Crippen LogP contribution in [0.1, 0.15) is 18.1 Å². The molecule has 0 radical (unpaired) electrons. The van der Waals surface area contributed by atoms with E-state index in [1.54, 1.807) is 0 Å². The highest BCUT2D eigenvalue weighted by Crippen LogP contribution is 2.32. The van der Waals surface area contributed by atoms with Crippen molar-refractivity contribution in [2.75, 3.05) is 4.90 Å². The molecule has 20 heavy (non-hydrogen) atoms. The molecule has 1 heterocycles. The first-order valence-electron chi connectivity index (χ1n) is 6.79. The third kappa shape index (κ3) is 2.44. The number of hydrogen-bond acceptors (Lipinski definition) is 1. The molecule has 3 heteroatoms. The fourth-order valence-electron chi connectivity index (χ4n) is 2.85. The molecule has 1 aliphatic heterocycles. The number of carbonyl (C=O) groups excluding carboxylic acids is 1. The van der Waals surface area contributed by atoms with E-state index in [0.717, 1.165) is 17.7 Å². The Labute approximate surface area is 124 Å². The van der Waals surface area contributed by atoms with Crippen molar-refractivity contribution in [1.29, 1.82) is 0 Å². The standard InChI is InChI=1S/C17H16ClNO/c1-12-9-14-6-2-3-8-16(14)19(12)17(20)11-13-5-4-7-15(18)10-13/h2-8,10,12H,9,11H2,1H3/t12-/m0/s1. The highest BCUT2D eigenvalue weighted by Gasteiger charge is 2.30. The van der Waals surface area contributed by atoms with Crippen molar-refractivity contribution in [2.45, 2.75) is 25.8 Å². The molecule has 2 aromatic carbocycles. The number of nitrogens with zero attached hydrogens (tertiary/aromatic N) is 1. The number of benzene rings is 2. The molecule has 102 valence electrons. The maximum Gasteiger partial charge on any atom is 0.231 e. The van der Waals surface area contributed by atoms with E-state index >= 15 is 0 Å². The number of carbonyl (C=O) groups is 1. The van der Waals surface area contributed by atoms with Crippen LogP contribution in [-0.2, 0) is 17.6 Å². The van der Waals surface area contributed by atoms with Gasteiger partial charge in [0.25, 0.3) is 0 Å². The van der Waals surface area contributed by atoms with Gasteiger partial charge in [0.1, 0.15) is 0 Å². The van der Waals surface area contributed by atoms with Crippen LogP contribution in [-0.4, -0.2) is 11.9 Å². The molecule has 2 nitrogen and oxygen atoms in total. The van der Waals surface area contributed by atoms with E-state index in [1.165, 1.54) is 5.56 Å². The summed E-state index contributed by atoms with van der Waals surface area (Å²) in [6.07, 6.45) is 1.32. The molecule has 0 spiro atoms. The number of hydrogen-bond donors (Lipinski definition) is 0. The van der Waals surface area contributed by atoms with Crippen molar-refractivity contribution >= 4 is 23.2 Å². The average Bonchev–Trinajstić information content (AvgIpc) is 2.74. The van der Waals surface area contributed by atoms with Crippen molar-refractivity contribution in [2.24, 2.45) is 0 Å². The highest BCUT2D eigenvalue weighted by molar-refractivity contribution is 6.30.